The number of amides is 1. The molecule has 4 rings (SSSR count). The molecule has 0 spiro atoms. The fourth-order valence-corrected chi connectivity index (χ4v) is 3.73. The molecule has 6 nitrogen and oxygen atoms in total. The van der Waals surface area contributed by atoms with E-state index >= 15 is 0 Å². The molecule has 0 aliphatic carbocycles. The zero-order valence-corrected chi connectivity index (χ0v) is 15.8. The number of carbonyl (C=O) groups excluding carboxylic acids is 1. The Labute approximate surface area is 165 Å². The van der Waals surface area contributed by atoms with Crippen LogP contribution in [0.25, 0.3) is 0 Å². The lowest BCUT2D eigenvalue weighted by molar-refractivity contribution is -0.135. The van der Waals surface area contributed by atoms with Crippen LogP contribution in [0.1, 0.15) is 30.1 Å². The highest BCUT2D eigenvalue weighted by Gasteiger charge is 2.33. The number of hydrogen-bond donors (Lipinski definition) is 2. The minimum absolute atomic E-state index is 0.0594. The highest BCUT2D eigenvalue weighted by Crippen LogP contribution is 2.33. The van der Waals surface area contributed by atoms with E-state index in [2.05, 4.69) is 5.32 Å². The van der Waals surface area contributed by atoms with Crippen LogP contribution in [0.2, 0.25) is 0 Å². The molecule has 2 aliphatic rings. The zero-order chi connectivity index (χ0) is 19.3. The van der Waals surface area contributed by atoms with Gasteiger partial charge >= 0.3 is 0 Å². The number of hydrogen-bond acceptors (Lipinski definition) is 5. The van der Waals surface area contributed by atoms with E-state index in [0.717, 1.165) is 31.5 Å². The predicted octanol–water partition coefficient (Wildman–Crippen LogP) is 2.27. The average molecular weight is 382 g/mol. The van der Waals surface area contributed by atoms with Crippen LogP contribution in [0.15, 0.2) is 48.5 Å². The van der Waals surface area contributed by atoms with Gasteiger partial charge in [-0.3, -0.25) is 10.1 Å². The zero-order valence-electron chi connectivity index (χ0n) is 15.8. The summed E-state index contributed by atoms with van der Waals surface area (Å²) in [6.45, 7) is 3.00. The lowest BCUT2D eigenvalue weighted by Crippen LogP contribution is -2.48. The number of aliphatic hydroxyl groups is 1. The van der Waals surface area contributed by atoms with Gasteiger partial charge in [0.25, 0.3) is 0 Å². The molecule has 2 aliphatic heterocycles. The van der Waals surface area contributed by atoms with E-state index in [1.54, 1.807) is 18.2 Å². The minimum Gasteiger partial charge on any atom is -0.486 e. The predicted molar refractivity (Wildman–Crippen MR) is 105 cm³/mol. The van der Waals surface area contributed by atoms with Crippen molar-refractivity contribution in [1.82, 2.24) is 10.2 Å². The summed E-state index contributed by atoms with van der Waals surface area (Å²) in [7, 11) is 0. The van der Waals surface area contributed by atoms with Gasteiger partial charge in [-0.05, 0) is 36.1 Å². The van der Waals surface area contributed by atoms with Gasteiger partial charge in [-0.15, -0.1) is 0 Å². The Morgan fingerprint density at radius 3 is 2.50 bits per heavy atom. The van der Waals surface area contributed by atoms with Crippen molar-refractivity contribution in [3.8, 4) is 11.5 Å². The Balaban J connectivity index is 1.55. The van der Waals surface area contributed by atoms with Gasteiger partial charge in [0.05, 0.1) is 0 Å². The molecular weight excluding hydrogens is 356 g/mol. The van der Waals surface area contributed by atoms with Gasteiger partial charge in [0.15, 0.2) is 11.5 Å². The molecular formula is C22H26N2O4. The van der Waals surface area contributed by atoms with Gasteiger partial charge in [0.2, 0.25) is 5.91 Å². The number of aliphatic hydroxyl groups excluding tert-OH is 1. The topological polar surface area (TPSA) is 71.0 Å². The first-order valence-corrected chi connectivity index (χ1v) is 9.86. The normalized spacial score (nSPS) is 18.0. The second-order valence-electron chi connectivity index (χ2n) is 7.22. The van der Waals surface area contributed by atoms with E-state index < -0.39 is 12.1 Å². The third kappa shape index (κ3) is 4.13. The summed E-state index contributed by atoms with van der Waals surface area (Å²) in [5, 5.41) is 14.4. The van der Waals surface area contributed by atoms with Crippen LogP contribution in [0.3, 0.4) is 0 Å². The number of carbonyl (C=O) groups is 1. The SMILES string of the molecule is O=C(C(NCc1ccccc1)[C@H](O)c1ccc2c(c1)OCCO2)N1CCCC1. The van der Waals surface area contributed by atoms with Crippen LogP contribution in [-0.2, 0) is 11.3 Å². The first-order valence-electron chi connectivity index (χ1n) is 9.86. The Hall–Kier alpha value is -2.57. The summed E-state index contributed by atoms with van der Waals surface area (Å²) in [6.07, 6.45) is 1.04. The summed E-state index contributed by atoms with van der Waals surface area (Å²) in [4.78, 5) is 15.0. The van der Waals surface area contributed by atoms with Crippen molar-refractivity contribution >= 4 is 5.91 Å². The van der Waals surface area contributed by atoms with E-state index in [1.165, 1.54) is 0 Å². The molecule has 148 valence electrons. The number of ether oxygens (including phenoxy) is 2. The first-order chi connectivity index (χ1) is 13.7. The Morgan fingerprint density at radius 2 is 1.75 bits per heavy atom. The molecule has 0 radical (unpaired) electrons. The molecule has 1 unspecified atom stereocenters. The van der Waals surface area contributed by atoms with Crippen molar-refractivity contribution in [2.75, 3.05) is 26.3 Å². The van der Waals surface area contributed by atoms with Crippen LogP contribution < -0.4 is 14.8 Å². The van der Waals surface area contributed by atoms with E-state index in [-0.39, 0.29) is 5.91 Å². The lowest BCUT2D eigenvalue weighted by Gasteiger charge is -2.29. The second-order valence-corrected chi connectivity index (χ2v) is 7.22. The number of nitrogens with zero attached hydrogens (tertiary/aromatic N) is 1. The van der Waals surface area contributed by atoms with Crippen molar-refractivity contribution in [1.29, 1.82) is 0 Å². The molecule has 2 heterocycles. The van der Waals surface area contributed by atoms with E-state index in [9.17, 15) is 9.90 Å². The number of fused-ring (bicyclic) bond motifs is 1. The van der Waals surface area contributed by atoms with Crippen molar-refractivity contribution in [3.63, 3.8) is 0 Å². The van der Waals surface area contributed by atoms with Crippen molar-refractivity contribution in [2.45, 2.75) is 31.5 Å². The van der Waals surface area contributed by atoms with Gasteiger partial charge < -0.3 is 19.5 Å². The van der Waals surface area contributed by atoms with E-state index in [1.807, 2.05) is 35.2 Å². The molecule has 2 atom stereocenters. The number of rotatable bonds is 6. The van der Waals surface area contributed by atoms with Crippen LogP contribution in [0, 0.1) is 0 Å². The molecule has 2 aromatic rings. The quantitative estimate of drug-likeness (QED) is 0.802. The maximum Gasteiger partial charge on any atom is 0.242 e. The van der Waals surface area contributed by atoms with Gasteiger partial charge in [-0.2, -0.15) is 0 Å². The number of benzene rings is 2. The molecule has 1 amide bonds. The maximum absolute atomic E-state index is 13.1. The largest absolute Gasteiger partial charge is 0.486 e. The highest BCUT2D eigenvalue weighted by molar-refractivity contribution is 5.83. The highest BCUT2D eigenvalue weighted by atomic mass is 16.6. The van der Waals surface area contributed by atoms with Gasteiger partial charge in [-0.25, -0.2) is 0 Å². The number of likely N-dealkylation sites (tertiary alicyclic amines) is 1. The van der Waals surface area contributed by atoms with Crippen LogP contribution >= 0.6 is 0 Å². The fraction of sp³-hybridized carbons (Fsp3) is 0.409. The molecule has 1 saturated heterocycles. The Morgan fingerprint density at radius 1 is 1.04 bits per heavy atom. The second kappa shape index (κ2) is 8.63. The molecule has 0 bridgehead atoms. The average Bonchev–Trinajstić information content (AvgIpc) is 3.29. The van der Waals surface area contributed by atoms with Gasteiger partial charge in [0, 0.05) is 19.6 Å². The smallest absolute Gasteiger partial charge is 0.242 e. The molecule has 1 fully saturated rings. The molecule has 28 heavy (non-hydrogen) atoms. The minimum atomic E-state index is -0.979. The van der Waals surface area contributed by atoms with E-state index in [0.29, 0.717) is 36.8 Å². The molecule has 6 heteroatoms. The third-order valence-electron chi connectivity index (χ3n) is 5.28. The summed E-state index contributed by atoms with van der Waals surface area (Å²) in [5.41, 5.74) is 1.71. The molecule has 0 aromatic heterocycles. The standard InChI is InChI=1S/C22H26N2O4/c25-21(17-8-9-18-19(14-17)28-13-12-27-18)20(22(26)24-10-4-5-11-24)23-15-16-6-2-1-3-7-16/h1-3,6-9,14,20-21,23,25H,4-5,10-13,15H2/t20?,21-/m1/s1. The first kappa shape index (κ1) is 18.8. The number of nitrogens with one attached hydrogen (secondary N) is 1. The summed E-state index contributed by atoms with van der Waals surface area (Å²) in [6, 6.07) is 14.5. The fourth-order valence-electron chi connectivity index (χ4n) is 3.73. The third-order valence-corrected chi connectivity index (χ3v) is 5.28. The van der Waals surface area contributed by atoms with Crippen LogP contribution in [0.5, 0.6) is 11.5 Å². The monoisotopic (exact) mass is 382 g/mol. The van der Waals surface area contributed by atoms with Crippen molar-refractivity contribution in [3.05, 3.63) is 59.7 Å². The Bertz CT molecular complexity index is 805. The van der Waals surface area contributed by atoms with Crippen LogP contribution in [-0.4, -0.2) is 48.3 Å². The van der Waals surface area contributed by atoms with Crippen molar-refractivity contribution < 1.29 is 19.4 Å². The molecule has 2 aromatic carbocycles. The van der Waals surface area contributed by atoms with E-state index in [4.69, 9.17) is 9.47 Å². The summed E-state index contributed by atoms with van der Waals surface area (Å²) >= 11 is 0. The lowest BCUT2D eigenvalue weighted by atomic mass is 10.00. The van der Waals surface area contributed by atoms with Gasteiger partial charge in [-0.1, -0.05) is 36.4 Å². The molecule has 2 N–H and O–H groups in total. The van der Waals surface area contributed by atoms with Crippen molar-refractivity contribution in [2.24, 2.45) is 0 Å². The Kier molecular flexibility index (Phi) is 5.78. The van der Waals surface area contributed by atoms with Crippen LogP contribution in [0.4, 0.5) is 0 Å². The van der Waals surface area contributed by atoms with Gasteiger partial charge in [0.1, 0.15) is 25.4 Å². The summed E-state index contributed by atoms with van der Waals surface area (Å²) in [5.74, 6) is 1.22. The molecule has 0 saturated carbocycles. The summed E-state index contributed by atoms with van der Waals surface area (Å²) < 4.78 is 11.2. The maximum atomic E-state index is 13.1.